The molecule has 0 spiro atoms. The van der Waals surface area contributed by atoms with E-state index in [2.05, 4.69) is 29.0 Å². The largest absolute Gasteiger partial charge is 0.342 e. The maximum absolute atomic E-state index is 12.9. The molecule has 1 aliphatic heterocycles. The molecule has 1 aromatic heterocycles. The predicted molar refractivity (Wildman–Crippen MR) is 120 cm³/mol. The zero-order chi connectivity index (χ0) is 20.7. The molecule has 1 aliphatic rings. The summed E-state index contributed by atoms with van der Waals surface area (Å²) in [5.74, 6) is 0.0140. The van der Waals surface area contributed by atoms with E-state index in [1.165, 1.54) is 0 Å². The van der Waals surface area contributed by atoms with Gasteiger partial charge in [-0.2, -0.15) is 5.26 Å². The number of nitrogens with zero attached hydrogens (tertiary/aromatic N) is 3. The van der Waals surface area contributed by atoms with E-state index in [0.717, 1.165) is 38.9 Å². The van der Waals surface area contributed by atoms with E-state index in [9.17, 15) is 4.79 Å². The van der Waals surface area contributed by atoms with Gasteiger partial charge in [0.2, 0.25) is 0 Å². The summed E-state index contributed by atoms with van der Waals surface area (Å²) < 4.78 is 2.19. The summed E-state index contributed by atoms with van der Waals surface area (Å²) in [5.41, 5.74) is 6.53. The summed E-state index contributed by atoms with van der Waals surface area (Å²) in [6.45, 7) is 0.694. The number of carbonyl (C=O) groups excluding carboxylic acids is 1. The van der Waals surface area contributed by atoms with Gasteiger partial charge in [-0.1, -0.05) is 48.5 Å². The molecule has 4 aromatic rings. The highest BCUT2D eigenvalue weighted by Crippen LogP contribution is 2.37. The van der Waals surface area contributed by atoms with Gasteiger partial charge >= 0.3 is 0 Å². The molecule has 0 bridgehead atoms. The van der Waals surface area contributed by atoms with Gasteiger partial charge in [0, 0.05) is 47.4 Å². The first-order valence-electron chi connectivity index (χ1n) is 9.82. The summed E-state index contributed by atoms with van der Waals surface area (Å²) in [6, 6.07) is 25.9. The molecule has 0 radical (unpaired) electrons. The molecule has 0 unspecified atom stereocenters. The molecule has 1 amide bonds. The Morgan fingerprint density at radius 1 is 0.967 bits per heavy atom. The molecule has 0 saturated heterocycles. The topological polar surface area (TPSA) is 49.0 Å². The van der Waals surface area contributed by atoms with Crippen molar-refractivity contribution in [2.45, 2.75) is 6.54 Å². The molecule has 0 atom stereocenters. The first-order chi connectivity index (χ1) is 14.7. The lowest BCUT2D eigenvalue weighted by molar-refractivity contribution is -0.112. The van der Waals surface area contributed by atoms with Gasteiger partial charge in [-0.3, -0.25) is 4.79 Å². The molecule has 0 aliphatic carbocycles. The maximum Gasteiger partial charge on any atom is 0.258 e. The molecule has 0 N–H and O–H groups in total. The molecule has 3 aromatic carbocycles. The second-order valence-corrected chi connectivity index (χ2v) is 7.48. The first-order valence-corrected chi connectivity index (χ1v) is 9.82. The van der Waals surface area contributed by atoms with Crippen LogP contribution in [0.1, 0.15) is 22.3 Å². The smallest absolute Gasteiger partial charge is 0.258 e. The summed E-state index contributed by atoms with van der Waals surface area (Å²) in [4.78, 5) is 14.6. The monoisotopic (exact) mass is 389 g/mol. The first kappa shape index (κ1) is 18.0. The fourth-order valence-corrected chi connectivity index (χ4v) is 4.10. The van der Waals surface area contributed by atoms with Crippen LogP contribution >= 0.6 is 0 Å². The zero-order valence-corrected chi connectivity index (χ0v) is 16.5. The Morgan fingerprint density at radius 2 is 1.70 bits per heavy atom. The minimum atomic E-state index is 0.0140. The number of likely N-dealkylation sites (N-methyl/N-ethyl adjacent to an activating group) is 1. The number of rotatable bonds is 3. The Balaban J connectivity index is 1.60. The molecule has 4 heteroatoms. The van der Waals surface area contributed by atoms with E-state index in [4.69, 9.17) is 5.26 Å². The van der Waals surface area contributed by atoms with E-state index >= 15 is 0 Å². The number of hydrogen-bond donors (Lipinski definition) is 0. The number of carbonyl (C=O) groups is 1. The van der Waals surface area contributed by atoms with Gasteiger partial charge in [0.05, 0.1) is 17.3 Å². The van der Waals surface area contributed by atoms with E-state index in [1.807, 2.05) is 73.8 Å². The van der Waals surface area contributed by atoms with Crippen LogP contribution in [0, 0.1) is 11.3 Å². The number of anilines is 1. The molecular weight excluding hydrogens is 370 g/mol. The third kappa shape index (κ3) is 2.89. The Morgan fingerprint density at radius 3 is 2.50 bits per heavy atom. The van der Waals surface area contributed by atoms with Crippen molar-refractivity contribution < 1.29 is 4.79 Å². The van der Waals surface area contributed by atoms with Gasteiger partial charge in [0.25, 0.3) is 5.91 Å². The lowest BCUT2D eigenvalue weighted by atomic mass is 10.0. The van der Waals surface area contributed by atoms with Gasteiger partial charge in [0.1, 0.15) is 0 Å². The fourth-order valence-electron chi connectivity index (χ4n) is 4.10. The summed E-state index contributed by atoms with van der Waals surface area (Å²) >= 11 is 0. The Labute approximate surface area is 174 Å². The standard InChI is InChI=1S/C26H19N3O/c1-28-24-8-4-3-7-22(24)23(26(28)30)14-20-17-29(25-9-5-2-6-21(20)25)16-19-12-10-18(15-27)11-13-19/h2-14,17H,16H2,1H3/b23-14+. The average Bonchev–Trinajstić information content (AvgIpc) is 3.25. The number of para-hydroxylation sites is 2. The summed E-state index contributed by atoms with van der Waals surface area (Å²) in [7, 11) is 1.82. The number of hydrogen-bond acceptors (Lipinski definition) is 2. The van der Waals surface area contributed by atoms with E-state index in [-0.39, 0.29) is 5.91 Å². The average molecular weight is 389 g/mol. The third-order valence-electron chi connectivity index (χ3n) is 5.65. The highest BCUT2D eigenvalue weighted by atomic mass is 16.2. The number of aromatic nitrogens is 1. The highest BCUT2D eigenvalue weighted by Gasteiger charge is 2.29. The normalized spacial score (nSPS) is 14.3. The van der Waals surface area contributed by atoms with Crippen LogP contribution in [0.15, 0.2) is 79.0 Å². The lowest BCUT2D eigenvalue weighted by Crippen LogP contribution is -2.20. The third-order valence-corrected chi connectivity index (χ3v) is 5.65. The van der Waals surface area contributed by atoms with Crippen LogP contribution in [-0.4, -0.2) is 17.5 Å². The SMILES string of the molecule is CN1C(=O)/C(=C/c2cn(Cc3ccc(C#N)cc3)c3ccccc23)c2ccccc21. The Bertz CT molecular complexity index is 1350. The number of amides is 1. The van der Waals surface area contributed by atoms with Crippen molar-refractivity contribution in [1.82, 2.24) is 4.57 Å². The quantitative estimate of drug-likeness (QED) is 0.459. The van der Waals surface area contributed by atoms with Crippen LogP contribution in [0.4, 0.5) is 5.69 Å². The van der Waals surface area contributed by atoms with Crippen molar-refractivity contribution in [2.24, 2.45) is 0 Å². The highest BCUT2D eigenvalue weighted by molar-refractivity contribution is 6.36. The predicted octanol–water partition coefficient (Wildman–Crippen LogP) is 5.08. The van der Waals surface area contributed by atoms with Gasteiger partial charge in [-0.25, -0.2) is 0 Å². The maximum atomic E-state index is 12.9. The minimum Gasteiger partial charge on any atom is -0.342 e. The van der Waals surface area contributed by atoms with Crippen molar-refractivity contribution in [3.63, 3.8) is 0 Å². The van der Waals surface area contributed by atoms with Crippen molar-refractivity contribution in [3.05, 3.63) is 101 Å². The zero-order valence-electron chi connectivity index (χ0n) is 16.5. The molecule has 5 rings (SSSR count). The fraction of sp³-hybridized carbons (Fsp3) is 0.0769. The molecular formula is C26H19N3O. The molecule has 2 heterocycles. The van der Waals surface area contributed by atoms with Crippen molar-refractivity contribution >= 4 is 34.1 Å². The van der Waals surface area contributed by atoms with Crippen molar-refractivity contribution in [2.75, 3.05) is 11.9 Å². The molecule has 0 saturated carbocycles. The van der Waals surface area contributed by atoms with Crippen LogP contribution in [-0.2, 0) is 11.3 Å². The second-order valence-electron chi connectivity index (χ2n) is 7.48. The number of benzene rings is 3. The number of fused-ring (bicyclic) bond motifs is 2. The van der Waals surface area contributed by atoms with Crippen LogP contribution in [0.5, 0.6) is 0 Å². The molecule has 30 heavy (non-hydrogen) atoms. The van der Waals surface area contributed by atoms with Crippen LogP contribution in [0.25, 0.3) is 22.6 Å². The van der Waals surface area contributed by atoms with Gasteiger partial charge < -0.3 is 9.47 Å². The minimum absolute atomic E-state index is 0.0140. The number of nitriles is 1. The van der Waals surface area contributed by atoms with Crippen molar-refractivity contribution in [1.29, 1.82) is 5.26 Å². The Hall–Kier alpha value is -4.10. The van der Waals surface area contributed by atoms with E-state index in [1.54, 1.807) is 4.90 Å². The van der Waals surface area contributed by atoms with E-state index in [0.29, 0.717) is 12.1 Å². The van der Waals surface area contributed by atoms with Gasteiger partial charge in [0.15, 0.2) is 0 Å². The second kappa shape index (κ2) is 7.06. The molecule has 0 fully saturated rings. The van der Waals surface area contributed by atoms with Crippen LogP contribution in [0.2, 0.25) is 0 Å². The Kier molecular flexibility index (Phi) is 4.22. The summed E-state index contributed by atoms with van der Waals surface area (Å²) in [5, 5.41) is 10.1. The molecule has 144 valence electrons. The van der Waals surface area contributed by atoms with Crippen LogP contribution < -0.4 is 4.90 Å². The molecule has 4 nitrogen and oxygen atoms in total. The van der Waals surface area contributed by atoms with Gasteiger partial charge in [-0.15, -0.1) is 0 Å². The van der Waals surface area contributed by atoms with Crippen molar-refractivity contribution in [3.8, 4) is 6.07 Å². The van der Waals surface area contributed by atoms with Gasteiger partial charge in [-0.05, 0) is 35.9 Å². The van der Waals surface area contributed by atoms with Crippen LogP contribution in [0.3, 0.4) is 0 Å². The lowest BCUT2D eigenvalue weighted by Gasteiger charge is -2.07. The van der Waals surface area contributed by atoms with E-state index < -0.39 is 0 Å². The summed E-state index contributed by atoms with van der Waals surface area (Å²) in [6.07, 6.45) is 4.10.